The summed E-state index contributed by atoms with van der Waals surface area (Å²) in [5.74, 6) is 2.32. The molecule has 0 amide bonds. The average molecular weight is 1070 g/mol. The molecule has 14 rings (SSSR count). The first kappa shape index (κ1) is 51.3. The molecule has 0 radical (unpaired) electrons. The average Bonchev–Trinajstić information content (AvgIpc) is 1.51. The molecular formula is C76H69N5O. The van der Waals surface area contributed by atoms with Gasteiger partial charge in [-0.3, -0.25) is 18.7 Å². The van der Waals surface area contributed by atoms with Crippen molar-refractivity contribution < 1.29 is 9.30 Å². The SMILES string of the molecule is CC(C)(C)c1cc2c(c(C(C)(C)C)c1)C1(c3ccc(Oc4ccc5c6ccccc6n(-c6ccccn6)c5c4)cc3-n3[c-][n+](-c4c(-c5ccccc5)cncc4-c4ccccc4)c4cccc1c43)c1c-2cc(C(C)(C)C)cc1C(C)(C)C. The van der Waals surface area contributed by atoms with Crippen LogP contribution in [0.5, 0.6) is 11.5 Å². The molecule has 1 spiro atoms. The highest BCUT2D eigenvalue weighted by molar-refractivity contribution is 6.09. The number of nitrogens with zero attached hydrogens (tertiary/aromatic N) is 5. The summed E-state index contributed by atoms with van der Waals surface area (Å²) >= 11 is 0. The summed E-state index contributed by atoms with van der Waals surface area (Å²) in [5, 5.41) is 2.30. The molecule has 0 unspecified atom stereocenters. The summed E-state index contributed by atoms with van der Waals surface area (Å²) in [6.07, 6.45) is 10.0. The van der Waals surface area contributed by atoms with Gasteiger partial charge < -0.3 is 4.74 Å². The van der Waals surface area contributed by atoms with Gasteiger partial charge in [0, 0.05) is 46.6 Å². The van der Waals surface area contributed by atoms with Crippen molar-refractivity contribution in [1.29, 1.82) is 0 Å². The van der Waals surface area contributed by atoms with Gasteiger partial charge in [-0.25, -0.2) is 4.98 Å². The Morgan fingerprint density at radius 1 is 0.476 bits per heavy atom. The second kappa shape index (κ2) is 18.1. The second-order valence-corrected chi connectivity index (χ2v) is 26.9. The van der Waals surface area contributed by atoms with E-state index in [1.54, 1.807) is 0 Å². The quantitative estimate of drug-likeness (QED) is 0.123. The minimum atomic E-state index is -0.790. The van der Waals surface area contributed by atoms with E-state index in [0.29, 0.717) is 0 Å². The lowest BCUT2D eigenvalue weighted by atomic mass is 9.60. The first-order valence-corrected chi connectivity index (χ1v) is 29.0. The fourth-order valence-corrected chi connectivity index (χ4v) is 13.5. The predicted molar refractivity (Wildman–Crippen MR) is 337 cm³/mol. The number of rotatable bonds is 6. The van der Waals surface area contributed by atoms with Gasteiger partial charge in [-0.15, -0.1) is 0 Å². The monoisotopic (exact) mass is 1070 g/mol. The van der Waals surface area contributed by atoms with Crippen molar-refractivity contribution in [2.75, 3.05) is 0 Å². The molecule has 0 atom stereocenters. The van der Waals surface area contributed by atoms with Gasteiger partial charge in [-0.1, -0.05) is 217 Å². The van der Waals surface area contributed by atoms with Gasteiger partial charge >= 0.3 is 0 Å². The van der Waals surface area contributed by atoms with Crippen molar-refractivity contribution in [3.05, 3.63) is 251 Å². The molecule has 6 nitrogen and oxygen atoms in total. The highest BCUT2D eigenvalue weighted by Gasteiger charge is 2.55. The fraction of sp³-hybridized carbons (Fsp3) is 0.224. The maximum atomic E-state index is 7.24. The molecule has 1 aliphatic heterocycles. The van der Waals surface area contributed by atoms with E-state index < -0.39 is 5.41 Å². The van der Waals surface area contributed by atoms with Crippen molar-refractivity contribution in [3.63, 3.8) is 0 Å². The minimum Gasteiger partial charge on any atom is -0.458 e. The van der Waals surface area contributed by atoms with Gasteiger partial charge in [-0.05, 0) is 131 Å². The first-order valence-electron chi connectivity index (χ1n) is 29.0. The van der Waals surface area contributed by atoms with Crippen LogP contribution in [0.3, 0.4) is 0 Å². The van der Waals surface area contributed by atoms with Crippen LogP contribution in [0, 0.1) is 6.33 Å². The standard InChI is InChI=1S/C76H69N5O/c1-72(2,3)49-38-55-56-39-50(73(4,5)6)41-62(75(10,11)12)69(56)76(68(55)61(40-49)74(7,8)9)59-36-34-52(82-51-33-35-54-53-28-19-20-30-63(53)81(65(54)42-51)67-32-21-22-37-78-67)43-66(59)80-46-79(64-31-23-29-60(76)71(64)80)70-57(47-24-15-13-16-25-47)44-77-45-58(70)48-26-17-14-18-27-48/h13-45H,1-12H3. The number of fused-ring (bicyclic) bond motifs is 12. The van der Waals surface area contributed by atoms with Crippen LogP contribution in [0.25, 0.3) is 83.4 Å². The highest BCUT2D eigenvalue weighted by atomic mass is 16.5. The molecule has 0 saturated heterocycles. The molecule has 2 aliphatic rings. The number of para-hydroxylation sites is 2. The topological polar surface area (TPSA) is 48.8 Å². The normalized spacial score (nSPS) is 13.7. The van der Waals surface area contributed by atoms with Crippen molar-refractivity contribution in [2.45, 2.75) is 110 Å². The lowest BCUT2D eigenvalue weighted by molar-refractivity contribution is -0.571. The first-order chi connectivity index (χ1) is 39.2. The molecule has 82 heavy (non-hydrogen) atoms. The third-order valence-electron chi connectivity index (χ3n) is 17.4. The van der Waals surface area contributed by atoms with E-state index in [2.05, 4.69) is 273 Å². The van der Waals surface area contributed by atoms with Crippen LogP contribution < -0.4 is 9.30 Å². The lowest BCUT2D eigenvalue weighted by Crippen LogP contribution is -2.38. The van der Waals surface area contributed by atoms with Crippen LogP contribution in [0.2, 0.25) is 0 Å². The Bertz CT molecular complexity index is 4410. The van der Waals surface area contributed by atoms with Gasteiger partial charge in [0.05, 0.1) is 38.9 Å². The molecule has 6 heteroatoms. The summed E-state index contributed by atoms with van der Waals surface area (Å²) in [6, 6.07) is 66.6. The third-order valence-corrected chi connectivity index (χ3v) is 17.4. The summed E-state index contributed by atoms with van der Waals surface area (Å²) in [4.78, 5) is 9.81. The summed E-state index contributed by atoms with van der Waals surface area (Å²) in [5.41, 5.74) is 22.1. The van der Waals surface area contributed by atoms with Crippen LogP contribution in [-0.2, 0) is 27.1 Å². The van der Waals surface area contributed by atoms with Gasteiger partial charge in [0.15, 0.2) is 0 Å². The number of aromatic nitrogens is 5. The molecule has 12 aromatic rings. The Kier molecular flexibility index (Phi) is 11.3. The van der Waals surface area contributed by atoms with E-state index in [1.165, 1.54) is 61.0 Å². The van der Waals surface area contributed by atoms with Gasteiger partial charge in [-0.2, -0.15) is 0 Å². The zero-order valence-electron chi connectivity index (χ0n) is 49.2. The number of pyridine rings is 2. The number of imidazole rings is 1. The molecule has 0 N–H and O–H groups in total. The molecule has 8 aromatic carbocycles. The van der Waals surface area contributed by atoms with E-state index in [9.17, 15) is 0 Å². The fourth-order valence-electron chi connectivity index (χ4n) is 13.5. The third kappa shape index (κ3) is 7.77. The number of ether oxygens (including phenoxy) is 1. The van der Waals surface area contributed by atoms with Crippen molar-refractivity contribution in [3.8, 4) is 62.1 Å². The number of benzene rings is 8. The maximum Gasteiger partial charge on any atom is 0.269 e. The lowest BCUT2D eigenvalue weighted by Gasteiger charge is -2.44. The summed E-state index contributed by atoms with van der Waals surface area (Å²) in [6.45, 7) is 28.6. The molecule has 0 bridgehead atoms. The zero-order chi connectivity index (χ0) is 56.8. The number of hydrogen-bond donors (Lipinski definition) is 0. The summed E-state index contributed by atoms with van der Waals surface area (Å²) in [7, 11) is 0. The Labute approximate surface area is 482 Å². The van der Waals surface area contributed by atoms with E-state index in [0.717, 1.165) is 78.4 Å². The maximum absolute atomic E-state index is 7.24. The Morgan fingerprint density at radius 3 is 1.62 bits per heavy atom. The Balaban J connectivity index is 1.12. The molecule has 1 aliphatic carbocycles. The van der Waals surface area contributed by atoms with Crippen molar-refractivity contribution in [1.82, 2.24) is 19.1 Å². The van der Waals surface area contributed by atoms with E-state index >= 15 is 0 Å². The van der Waals surface area contributed by atoms with E-state index in [4.69, 9.17) is 14.7 Å². The highest BCUT2D eigenvalue weighted by Crippen LogP contribution is 2.65. The smallest absolute Gasteiger partial charge is 0.269 e. The Morgan fingerprint density at radius 2 is 1.04 bits per heavy atom. The van der Waals surface area contributed by atoms with Crippen LogP contribution in [0.15, 0.2) is 201 Å². The van der Waals surface area contributed by atoms with Gasteiger partial charge in [0.1, 0.15) is 17.3 Å². The Hall–Kier alpha value is -8.87. The van der Waals surface area contributed by atoms with Crippen LogP contribution in [0.4, 0.5) is 0 Å². The predicted octanol–water partition coefficient (Wildman–Crippen LogP) is 18.6. The summed E-state index contributed by atoms with van der Waals surface area (Å²) < 4.78 is 14.2. The number of hydrogen-bond acceptors (Lipinski definition) is 3. The molecular weight excluding hydrogens is 999 g/mol. The van der Waals surface area contributed by atoms with Crippen LogP contribution >= 0.6 is 0 Å². The van der Waals surface area contributed by atoms with Crippen LogP contribution in [-0.4, -0.2) is 19.1 Å². The zero-order valence-corrected chi connectivity index (χ0v) is 49.2. The van der Waals surface area contributed by atoms with Crippen molar-refractivity contribution >= 4 is 32.8 Å². The molecule has 5 heterocycles. The van der Waals surface area contributed by atoms with Gasteiger partial charge in [0.25, 0.3) is 6.33 Å². The second-order valence-electron chi connectivity index (χ2n) is 26.9. The largest absolute Gasteiger partial charge is 0.458 e. The van der Waals surface area contributed by atoms with Crippen molar-refractivity contribution in [2.24, 2.45) is 0 Å². The molecule has 0 fully saturated rings. The van der Waals surface area contributed by atoms with Crippen LogP contribution in [0.1, 0.15) is 128 Å². The van der Waals surface area contributed by atoms with E-state index in [-0.39, 0.29) is 21.7 Å². The molecule has 404 valence electrons. The molecule has 0 saturated carbocycles. The minimum absolute atomic E-state index is 0.113. The molecule has 4 aromatic heterocycles. The van der Waals surface area contributed by atoms with Gasteiger partial charge in [0.2, 0.25) is 0 Å². The van der Waals surface area contributed by atoms with E-state index in [1.807, 2.05) is 30.7 Å².